The molecule has 0 atom stereocenters. The molecule has 0 aliphatic heterocycles. The van der Waals surface area contributed by atoms with Gasteiger partial charge in [0, 0.05) is 19.3 Å². The van der Waals surface area contributed by atoms with E-state index in [1.807, 2.05) is 21.0 Å². The molecule has 0 bridgehead atoms. The standard InChI is InChI=1S/C11H23N3O/c1-4-10(13-3)11(9-15)14-8-6-5-7-12-2/h9,12-14H,4-8H2,1-3H3/b11-10+. The molecule has 15 heavy (non-hydrogen) atoms. The monoisotopic (exact) mass is 213 g/mol. The van der Waals surface area contributed by atoms with E-state index in [2.05, 4.69) is 16.0 Å². The zero-order valence-electron chi connectivity index (χ0n) is 10.0. The molecule has 88 valence electrons. The number of hydrogen-bond donors (Lipinski definition) is 3. The largest absolute Gasteiger partial charge is 0.390 e. The molecule has 0 aromatic rings. The van der Waals surface area contributed by atoms with E-state index in [1.165, 1.54) is 0 Å². The Hall–Kier alpha value is -1.03. The predicted molar refractivity (Wildman–Crippen MR) is 63.6 cm³/mol. The average molecular weight is 213 g/mol. The lowest BCUT2D eigenvalue weighted by Crippen LogP contribution is -2.22. The summed E-state index contributed by atoms with van der Waals surface area (Å²) in [4.78, 5) is 10.8. The molecule has 0 saturated carbocycles. The summed E-state index contributed by atoms with van der Waals surface area (Å²) in [5, 5.41) is 9.27. The Morgan fingerprint density at radius 3 is 2.33 bits per heavy atom. The first-order valence-corrected chi connectivity index (χ1v) is 5.54. The van der Waals surface area contributed by atoms with E-state index in [0.717, 1.165) is 44.3 Å². The van der Waals surface area contributed by atoms with Crippen molar-refractivity contribution in [1.29, 1.82) is 0 Å². The van der Waals surface area contributed by atoms with Gasteiger partial charge in [0.25, 0.3) is 0 Å². The predicted octanol–water partition coefficient (Wildman–Crippen LogP) is 0.615. The van der Waals surface area contributed by atoms with Crippen LogP contribution in [0.1, 0.15) is 26.2 Å². The van der Waals surface area contributed by atoms with Crippen LogP contribution in [-0.2, 0) is 4.79 Å². The second kappa shape index (κ2) is 9.52. The Morgan fingerprint density at radius 1 is 1.20 bits per heavy atom. The van der Waals surface area contributed by atoms with Gasteiger partial charge >= 0.3 is 0 Å². The summed E-state index contributed by atoms with van der Waals surface area (Å²) in [6.45, 7) is 3.90. The Kier molecular flexibility index (Phi) is 8.87. The lowest BCUT2D eigenvalue weighted by molar-refractivity contribution is -0.105. The van der Waals surface area contributed by atoms with Crippen LogP contribution in [0.4, 0.5) is 0 Å². The number of hydrogen-bond acceptors (Lipinski definition) is 4. The van der Waals surface area contributed by atoms with E-state index in [4.69, 9.17) is 0 Å². The fraction of sp³-hybridized carbons (Fsp3) is 0.727. The minimum absolute atomic E-state index is 0.685. The SMILES string of the molecule is CC/C(NC)=C(/C=O)NCCCCNC. The van der Waals surface area contributed by atoms with Crippen LogP contribution in [0.2, 0.25) is 0 Å². The second-order valence-electron chi connectivity index (χ2n) is 3.35. The summed E-state index contributed by atoms with van der Waals surface area (Å²) in [7, 11) is 3.78. The summed E-state index contributed by atoms with van der Waals surface area (Å²) < 4.78 is 0. The lowest BCUT2D eigenvalue weighted by Gasteiger charge is -2.11. The minimum Gasteiger partial charge on any atom is -0.390 e. The minimum atomic E-state index is 0.685. The van der Waals surface area contributed by atoms with Crippen LogP contribution < -0.4 is 16.0 Å². The van der Waals surface area contributed by atoms with Gasteiger partial charge < -0.3 is 16.0 Å². The first-order valence-electron chi connectivity index (χ1n) is 5.54. The Balaban J connectivity index is 3.89. The third-order valence-corrected chi connectivity index (χ3v) is 2.27. The fourth-order valence-electron chi connectivity index (χ4n) is 1.37. The van der Waals surface area contributed by atoms with E-state index in [0.29, 0.717) is 5.70 Å². The zero-order chi connectivity index (χ0) is 11.5. The molecular formula is C11H23N3O. The average Bonchev–Trinajstić information content (AvgIpc) is 2.27. The highest BCUT2D eigenvalue weighted by Gasteiger charge is 2.01. The van der Waals surface area contributed by atoms with Crippen LogP contribution in [0, 0.1) is 0 Å². The van der Waals surface area contributed by atoms with Crippen molar-refractivity contribution in [2.24, 2.45) is 0 Å². The van der Waals surface area contributed by atoms with Crippen molar-refractivity contribution in [2.45, 2.75) is 26.2 Å². The van der Waals surface area contributed by atoms with Crippen LogP contribution in [-0.4, -0.2) is 33.5 Å². The number of carbonyl (C=O) groups excluding carboxylic acids is 1. The van der Waals surface area contributed by atoms with Gasteiger partial charge in [0.15, 0.2) is 6.29 Å². The molecule has 0 fully saturated rings. The van der Waals surface area contributed by atoms with Crippen LogP contribution >= 0.6 is 0 Å². The van der Waals surface area contributed by atoms with Gasteiger partial charge in [-0.15, -0.1) is 0 Å². The summed E-state index contributed by atoms with van der Waals surface area (Å²) in [6.07, 6.45) is 3.91. The van der Waals surface area contributed by atoms with Crippen LogP contribution in [0.3, 0.4) is 0 Å². The van der Waals surface area contributed by atoms with Gasteiger partial charge in [-0.1, -0.05) is 6.92 Å². The number of nitrogens with one attached hydrogen (secondary N) is 3. The maximum absolute atomic E-state index is 10.8. The van der Waals surface area contributed by atoms with Crippen LogP contribution in [0.5, 0.6) is 0 Å². The Labute approximate surface area is 92.5 Å². The van der Waals surface area contributed by atoms with Crippen molar-refractivity contribution in [1.82, 2.24) is 16.0 Å². The van der Waals surface area contributed by atoms with Crippen molar-refractivity contribution in [3.05, 3.63) is 11.4 Å². The maximum Gasteiger partial charge on any atom is 0.167 e. The maximum atomic E-state index is 10.8. The van der Waals surface area contributed by atoms with Gasteiger partial charge in [-0.05, 0) is 32.9 Å². The molecule has 0 radical (unpaired) electrons. The summed E-state index contributed by atoms with van der Waals surface area (Å²) in [5.41, 5.74) is 1.66. The van der Waals surface area contributed by atoms with Gasteiger partial charge in [-0.25, -0.2) is 0 Å². The zero-order valence-corrected chi connectivity index (χ0v) is 10.0. The molecule has 3 N–H and O–H groups in total. The molecule has 0 saturated heterocycles. The van der Waals surface area contributed by atoms with E-state index in [9.17, 15) is 4.79 Å². The molecule has 4 nitrogen and oxygen atoms in total. The fourth-order valence-corrected chi connectivity index (χ4v) is 1.37. The highest BCUT2D eigenvalue weighted by Crippen LogP contribution is 1.99. The third kappa shape index (κ3) is 6.12. The van der Waals surface area contributed by atoms with Crippen LogP contribution in [0.25, 0.3) is 0 Å². The normalized spacial score (nSPS) is 11.9. The molecule has 0 spiro atoms. The quantitative estimate of drug-likeness (QED) is 0.298. The van der Waals surface area contributed by atoms with Gasteiger partial charge in [0.1, 0.15) is 0 Å². The summed E-state index contributed by atoms with van der Waals surface area (Å²) in [6, 6.07) is 0. The molecule has 0 rings (SSSR count). The highest BCUT2D eigenvalue weighted by atomic mass is 16.1. The van der Waals surface area contributed by atoms with Gasteiger partial charge in [0.2, 0.25) is 0 Å². The summed E-state index contributed by atoms with van der Waals surface area (Å²) >= 11 is 0. The number of carbonyl (C=O) groups is 1. The number of unbranched alkanes of at least 4 members (excludes halogenated alkanes) is 1. The molecule has 0 aromatic carbocycles. The molecule has 4 heteroatoms. The Bertz CT molecular complexity index is 196. The van der Waals surface area contributed by atoms with Crippen molar-refractivity contribution < 1.29 is 4.79 Å². The summed E-state index contributed by atoms with van der Waals surface area (Å²) in [5.74, 6) is 0. The van der Waals surface area contributed by atoms with Crippen molar-refractivity contribution in [3.63, 3.8) is 0 Å². The topological polar surface area (TPSA) is 53.2 Å². The van der Waals surface area contributed by atoms with Gasteiger partial charge in [-0.2, -0.15) is 0 Å². The second-order valence-corrected chi connectivity index (χ2v) is 3.35. The van der Waals surface area contributed by atoms with Gasteiger partial charge in [0.05, 0.1) is 5.70 Å². The smallest absolute Gasteiger partial charge is 0.167 e. The molecule has 0 heterocycles. The van der Waals surface area contributed by atoms with E-state index in [1.54, 1.807) is 0 Å². The highest BCUT2D eigenvalue weighted by molar-refractivity contribution is 5.73. The van der Waals surface area contributed by atoms with E-state index in [-0.39, 0.29) is 0 Å². The first kappa shape index (κ1) is 14.0. The van der Waals surface area contributed by atoms with Crippen molar-refractivity contribution in [2.75, 3.05) is 27.2 Å². The Morgan fingerprint density at radius 2 is 1.87 bits per heavy atom. The van der Waals surface area contributed by atoms with Crippen LogP contribution in [0.15, 0.2) is 11.4 Å². The third-order valence-electron chi connectivity index (χ3n) is 2.27. The first-order chi connectivity index (χ1) is 7.29. The molecule has 0 aliphatic rings. The molecule has 0 aromatic heterocycles. The number of allylic oxidation sites excluding steroid dienone is 2. The number of rotatable bonds is 9. The van der Waals surface area contributed by atoms with Crippen molar-refractivity contribution in [3.8, 4) is 0 Å². The lowest BCUT2D eigenvalue weighted by atomic mass is 10.2. The van der Waals surface area contributed by atoms with E-state index < -0.39 is 0 Å². The molecule has 0 aliphatic carbocycles. The molecule has 0 unspecified atom stereocenters. The molecule has 0 amide bonds. The van der Waals surface area contributed by atoms with E-state index >= 15 is 0 Å². The molecular weight excluding hydrogens is 190 g/mol. The van der Waals surface area contributed by atoms with Crippen molar-refractivity contribution >= 4 is 6.29 Å². The van der Waals surface area contributed by atoms with Gasteiger partial charge in [-0.3, -0.25) is 4.79 Å². The number of aldehydes is 1.